The average Bonchev–Trinajstić information content (AvgIpc) is 2.68. The first kappa shape index (κ1) is 22.6. The van der Waals surface area contributed by atoms with E-state index in [1.807, 2.05) is 20.8 Å². The molecule has 0 N–H and O–H groups in total. The number of alkyl halides is 3. The van der Waals surface area contributed by atoms with Gasteiger partial charge in [0.05, 0.1) is 11.3 Å². The molecule has 1 unspecified atom stereocenters. The van der Waals surface area contributed by atoms with Crippen molar-refractivity contribution in [2.24, 2.45) is 5.41 Å². The first-order chi connectivity index (χ1) is 14.9. The smallest absolute Gasteiger partial charge is 0.294 e. The maximum absolute atomic E-state index is 13.8. The lowest BCUT2D eigenvalue weighted by Gasteiger charge is -2.43. The molecular weight excluding hydrogens is 439 g/mol. The molecule has 3 nitrogen and oxygen atoms in total. The number of hydrogen-bond acceptors (Lipinski definition) is 2. The highest BCUT2D eigenvalue weighted by atomic mass is 35.5. The van der Waals surface area contributed by atoms with Gasteiger partial charge in [-0.1, -0.05) is 49.7 Å². The number of aryl methyl sites for hydroxylation is 1. The second kappa shape index (κ2) is 7.77. The van der Waals surface area contributed by atoms with Crippen LogP contribution in [0.3, 0.4) is 0 Å². The van der Waals surface area contributed by atoms with Gasteiger partial charge in [-0.05, 0) is 48.1 Å². The van der Waals surface area contributed by atoms with Gasteiger partial charge in [0.1, 0.15) is 0 Å². The Morgan fingerprint density at radius 3 is 2.44 bits per heavy atom. The Bertz CT molecular complexity index is 1150. The number of hydrogen-bond donors (Lipinski definition) is 0. The molecular formula is C25H23ClF3NO2. The maximum atomic E-state index is 13.8. The highest BCUT2D eigenvalue weighted by Gasteiger charge is 2.46. The lowest BCUT2D eigenvalue weighted by atomic mass is 9.68. The van der Waals surface area contributed by atoms with E-state index in [1.54, 1.807) is 18.2 Å². The Kier molecular flexibility index (Phi) is 5.48. The second-order valence-electron chi connectivity index (χ2n) is 9.30. The molecule has 2 aromatic carbocycles. The number of benzene rings is 2. The quantitative estimate of drug-likeness (QED) is 0.491. The SMILES string of the molecule is Cc1ccc(Cl)cc1N1C(=O)CC(c2ccccc2C(F)(F)F)C2=C1CC(C)(C)CC2=O. The van der Waals surface area contributed by atoms with Crippen molar-refractivity contribution < 1.29 is 22.8 Å². The molecule has 1 aliphatic heterocycles. The predicted molar refractivity (Wildman–Crippen MR) is 118 cm³/mol. The number of rotatable bonds is 2. The summed E-state index contributed by atoms with van der Waals surface area (Å²) in [7, 11) is 0. The molecule has 4 rings (SSSR count). The van der Waals surface area contributed by atoms with E-state index in [1.165, 1.54) is 23.1 Å². The Morgan fingerprint density at radius 1 is 1.06 bits per heavy atom. The Labute approximate surface area is 189 Å². The van der Waals surface area contributed by atoms with Crippen LogP contribution in [0.2, 0.25) is 5.02 Å². The second-order valence-corrected chi connectivity index (χ2v) is 9.74. The van der Waals surface area contributed by atoms with Gasteiger partial charge in [0, 0.05) is 35.1 Å². The lowest BCUT2D eigenvalue weighted by molar-refractivity contribution is -0.138. The molecule has 2 aromatic rings. The van der Waals surface area contributed by atoms with Crippen LogP contribution < -0.4 is 4.90 Å². The van der Waals surface area contributed by atoms with Crippen LogP contribution in [0.5, 0.6) is 0 Å². The van der Waals surface area contributed by atoms with Crippen molar-refractivity contribution in [1.29, 1.82) is 0 Å². The van der Waals surface area contributed by atoms with Gasteiger partial charge >= 0.3 is 6.18 Å². The summed E-state index contributed by atoms with van der Waals surface area (Å²) in [6.45, 7) is 5.69. The molecule has 0 saturated carbocycles. The third-order valence-corrected chi connectivity index (χ3v) is 6.43. The van der Waals surface area contributed by atoms with Crippen LogP contribution in [0.15, 0.2) is 53.7 Å². The number of allylic oxidation sites excluding steroid dienone is 2. The molecule has 168 valence electrons. The van der Waals surface area contributed by atoms with Gasteiger partial charge < -0.3 is 0 Å². The standard InChI is InChI=1S/C25H23ClF3NO2/c1-14-8-9-15(26)10-19(14)30-20-12-24(2,3)13-21(31)23(20)17(11-22(30)32)16-6-4-5-7-18(16)25(27,28)29/h4-10,17H,11-13H2,1-3H3. The van der Waals surface area contributed by atoms with Crippen molar-refractivity contribution in [1.82, 2.24) is 0 Å². The van der Waals surface area contributed by atoms with Gasteiger partial charge in [0.25, 0.3) is 0 Å². The van der Waals surface area contributed by atoms with Crippen molar-refractivity contribution in [2.45, 2.75) is 52.1 Å². The largest absolute Gasteiger partial charge is 0.416 e. The van der Waals surface area contributed by atoms with E-state index in [9.17, 15) is 22.8 Å². The summed E-state index contributed by atoms with van der Waals surface area (Å²) < 4.78 is 41.3. The number of ketones is 1. The highest BCUT2D eigenvalue weighted by Crippen LogP contribution is 2.50. The molecule has 0 saturated heterocycles. The minimum atomic E-state index is -4.59. The summed E-state index contributed by atoms with van der Waals surface area (Å²) >= 11 is 6.19. The van der Waals surface area contributed by atoms with Crippen molar-refractivity contribution >= 4 is 29.0 Å². The average molecular weight is 462 g/mol. The molecule has 0 spiro atoms. The lowest BCUT2D eigenvalue weighted by Crippen LogP contribution is -2.44. The summed E-state index contributed by atoms with van der Waals surface area (Å²) in [5.74, 6) is -1.49. The van der Waals surface area contributed by atoms with E-state index in [0.29, 0.717) is 28.4 Å². The van der Waals surface area contributed by atoms with Gasteiger partial charge in [-0.15, -0.1) is 0 Å². The molecule has 32 heavy (non-hydrogen) atoms. The summed E-state index contributed by atoms with van der Waals surface area (Å²) in [5.41, 5.74) is 0.871. The minimum absolute atomic E-state index is 0.0311. The summed E-state index contributed by atoms with van der Waals surface area (Å²) in [6, 6.07) is 10.4. The van der Waals surface area contributed by atoms with Crippen LogP contribution in [0.25, 0.3) is 0 Å². The third-order valence-electron chi connectivity index (χ3n) is 6.20. The van der Waals surface area contributed by atoms with Crippen LogP contribution in [0, 0.1) is 12.3 Å². The molecule has 0 bridgehead atoms. The topological polar surface area (TPSA) is 37.4 Å². The van der Waals surface area contributed by atoms with Crippen LogP contribution in [-0.2, 0) is 15.8 Å². The normalized spacial score (nSPS) is 21.1. The zero-order valence-electron chi connectivity index (χ0n) is 18.0. The molecule has 1 aliphatic carbocycles. The van der Waals surface area contributed by atoms with E-state index in [4.69, 9.17) is 11.6 Å². The first-order valence-corrected chi connectivity index (χ1v) is 10.8. The summed E-state index contributed by atoms with van der Waals surface area (Å²) in [4.78, 5) is 28.3. The van der Waals surface area contributed by atoms with Gasteiger partial charge in [-0.2, -0.15) is 13.2 Å². The van der Waals surface area contributed by atoms with E-state index in [0.717, 1.165) is 11.6 Å². The van der Waals surface area contributed by atoms with Crippen LogP contribution in [-0.4, -0.2) is 11.7 Å². The van der Waals surface area contributed by atoms with Crippen LogP contribution in [0.1, 0.15) is 55.7 Å². The van der Waals surface area contributed by atoms with Gasteiger partial charge in [0.2, 0.25) is 5.91 Å². The first-order valence-electron chi connectivity index (χ1n) is 10.4. The Balaban J connectivity index is 1.97. The van der Waals surface area contributed by atoms with E-state index >= 15 is 0 Å². The zero-order valence-corrected chi connectivity index (χ0v) is 18.8. The predicted octanol–water partition coefficient (Wildman–Crippen LogP) is 6.83. The molecule has 1 amide bonds. The molecule has 0 fully saturated rings. The van der Waals surface area contributed by atoms with E-state index < -0.39 is 23.1 Å². The monoisotopic (exact) mass is 461 g/mol. The third kappa shape index (κ3) is 3.96. The minimum Gasteiger partial charge on any atom is -0.294 e. The number of amides is 1. The maximum Gasteiger partial charge on any atom is 0.416 e. The zero-order chi connectivity index (χ0) is 23.4. The fourth-order valence-electron chi connectivity index (χ4n) is 4.84. The number of carbonyl (C=O) groups excluding carboxylic acids is 2. The number of carbonyl (C=O) groups is 2. The number of nitrogens with zero attached hydrogens (tertiary/aromatic N) is 1. The van der Waals surface area contributed by atoms with Gasteiger partial charge in [0.15, 0.2) is 5.78 Å². The van der Waals surface area contributed by atoms with Crippen LogP contribution in [0.4, 0.5) is 18.9 Å². The summed E-state index contributed by atoms with van der Waals surface area (Å²) in [6.07, 6.45) is -4.19. The Hall–Kier alpha value is -2.60. The van der Waals surface area contributed by atoms with Crippen LogP contribution >= 0.6 is 11.6 Å². The van der Waals surface area contributed by atoms with Gasteiger partial charge in [-0.25, -0.2) is 0 Å². The molecule has 0 aromatic heterocycles. The summed E-state index contributed by atoms with van der Waals surface area (Å²) in [5, 5.41) is 0.437. The van der Waals surface area contributed by atoms with E-state index in [-0.39, 0.29) is 30.1 Å². The van der Waals surface area contributed by atoms with Crippen molar-refractivity contribution in [3.8, 4) is 0 Å². The van der Waals surface area contributed by atoms with Crippen molar-refractivity contribution in [3.05, 3.63) is 75.4 Å². The van der Waals surface area contributed by atoms with Crippen molar-refractivity contribution in [3.63, 3.8) is 0 Å². The highest BCUT2D eigenvalue weighted by molar-refractivity contribution is 6.31. The molecule has 0 radical (unpaired) electrons. The molecule has 7 heteroatoms. The molecule has 2 aliphatic rings. The number of halogens is 4. The van der Waals surface area contributed by atoms with E-state index in [2.05, 4.69) is 0 Å². The fraction of sp³-hybridized carbons (Fsp3) is 0.360. The van der Waals surface area contributed by atoms with Crippen molar-refractivity contribution in [2.75, 3.05) is 4.90 Å². The molecule has 1 heterocycles. The molecule has 1 atom stereocenters. The fourth-order valence-corrected chi connectivity index (χ4v) is 5.01. The number of anilines is 1. The number of Topliss-reactive ketones (excluding diaryl/α,β-unsaturated/α-hetero) is 1. The Morgan fingerprint density at radius 2 is 1.75 bits per heavy atom. The van der Waals surface area contributed by atoms with Gasteiger partial charge in [-0.3, -0.25) is 14.5 Å².